The molecule has 0 saturated heterocycles. The molecule has 1 heterocycles. The molecule has 2 rings (SSSR count). The van der Waals surface area contributed by atoms with Crippen molar-refractivity contribution < 1.29 is 23.4 Å². The summed E-state index contributed by atoms with van der Waals surface area (Å²) in [5, 5.41) is 2.69. The van der Waals surface area contributed by atoms with Crippen molar-refractivity contribution in [3.8, 4) is 11.5 Å². The highest BCUT2D eigenvalue weighted by atomic mass is 16.5. The summed E-state index contributed by atoms with van der Waals surface area (Å²) in [6.07, 6.45) is 0. The highest BCUT2D eigenvalue weighted by molar-refractivity contribution is 5.91. The number of carbonyl (C=O) groups is 1. The van der Waals surface area contributed by atoms with Gasteiger partial charge >= 0.3 is 0 Å². The highest BCUT2D eigenvalue weighted by Crippen LogP contribution is 2.20. The summed E-state index contributed by atoms with van der Waals surface area (Å²) in [5.41, 5.74) is 0. The van der Waals surface area contributed by atoms with Crippen LogP contribution in [0.4, 0.5) is 0 Å². The van der Waals surface area contributed by atoms with Gasteiger partial charge in [0.05, 0.1) is 13.7 Å². The Balaban J connectivity index is 1.87. The Labute approximate surface area is 129 Å². The monoisotopic (exact) mass is 305 g/mol. The van der Waals surface area contributed by atoms with Crippen LogP contribution in [0, 0.1) is 0 Å². The van der Waals surface area contributed by atoms with Gasteiger partial charge in [0, 0.05) is 19.7 Å². The molecule has 1 N–H and O–H groups in total. The van der Waals surface area contributed by atoms with Gasteiger partial charge in [0.25, 0.3) is 5.91 Å². The molecule has 1 aromatic heterocycles. The highest BCUT2D eigenvalue weighted by Gasteiger charge is 2.11. The molecule has 0 unspecified atom stereocenters. The summed E-state index contributed by atoms with van der Waals surface area (Å²) >= 11 is 0. The lowest BCUT2D eigenvalue weighted by Gasteiger charge is -2.06. The number of ether oxygens (including phenoxy) is 3. The first-order valence-corrected chi connectivity index (χ1v) is 6.85. The quantitative estimate of drug-likeness (QED) is 0.757. The molecule has 22 heavy (non-hydrogen) atoms. The van der Waals surface area contributed by atoms with E-state index in [1.807, 2.05) is 18.2 Å². The van der Waals surface area contributed by atoms with Gasteiger partial charge in [0.2, 0.25) is 0 Å². The Hall–Kier alpha value is -2.47. The molecule has 0 aliphatic rings. The van der Waals surface area contributed by atoms with Crippen molar-refractivity contribution in [1.29, 1.82) is 0 Å². The molecule has 2 aromatic rings. The summed E-state index contributed by atoms with van der Waals surface area (Å²) < 4.78 is 21.0. The van der Waals surface area contributed by atoms with Crippen LogP contribution in [0.1, 0.15) is 16.3 Å². The van der Waals surface area contributed by atoms with Crippen LogP contribution in [0.15, 0.2) is 40.8 Å². The van der Waals surface area contributed by atoms with Gasteiger partial charge in [-0.15, -0.1) is 0 Å². The van der Waals surface area contributed by atoms with Crippen LogP contribution in [-0.2, 0) is 11.3 Å². The molecule has 0 saturated carbocycles. The summed E-state index contributed by atoms with van der Waals surface area (Å²) in [4.78, 5) is 11.8. The van der Waals surface area contributed by atoms with Crippen molar-refractivity contribution in [3.05, 3.63) is 47.9 Å². The Morgan fingerprint density at radius 3 is 2.77 bits per heavy atom. The topological polar surface area (TPSA) is 69.9 Å². The average molecular weight is 305 g/mol. The van der Waals surface area contributed by atoms with Crippen LogP contribution in [0.3, 0.4) is 0 Å². The zero-order chi connectivity index (χ0) is 15.8. The number of hydrogen-bond acceptors (Lipinski definition) is 5. The number of amides is 1. The van der Waals surface area contributed by atoms with Crippen LogP contribution in [0.25, 0.3) is 0 Å². The molecule has 1 amide bonds. The lowest BCUT2D eigenvalue weighted by atomic mass is 10.3. The molecule has 0 spiro atoms. The first-order valence-electron chi connectivity index (χ1n) is 6.85. The average Bonchev–Trinajstić information content (AvgIpc) is 3.02. The number of benzene rings is 1. The van der Waals surface area contributed by atoms with E-state index in [0.717, 1.165) is 5.75 Å². The van der Waals surface area contributed by atoms with Gasteiger partial charge in [0.1, 0.15) is 23.9 Å². The summed E-state index contributed by atoms with van der Waals surface area (Å²) in [7, 11) is 3.17. The maximum Gasteiger partial charge on any atom is 0.287 e. The van der Waals surface area contributed by atoms with Crippen molar-refractivity contribution in [2.45, 2.75) is 6.61 Å². The number of carbonyl (C=O) groups excluding carboxylic acids is 1. The molecule has 6 heteroatoms. The number of hydrogen-bond donors (Lipinski definition) is 1. The van der Waals surface area contributed by atoms with Crippen molar-refractivity contribution in [2.75, 3.05) is 27.4 Å². The lowest BCUT2D eigenvalue weighted by Crippen LogP contribution is -2.26. The molecule has 0 fully saturated rings. The Bertz CT molecular complexity index is 608. The largest absolute Gasteiger partial charge is 0.497 e. The fourth-order valence-corrected chi connectivity index (χ4v) is 1.78. The molecule has 1 aromatic carbocycles. The Morgan fingerprint density at radius 1 is 1.18 bits per heavy atom. The van der Waals surface area contributed by atoms with Crippen molar-refractivity contribution in [1.82, 2.24) is 5.32 Å². The Kier molecular flexibility index (Phi) is 5.85. The fraction of sp³-hybridized carbons (Fsp3) is 0.312. The van der Waals surface area contributed by atoms with E-state index < -0.39 is 0 Å². The molecule has 6 nitrogen and oxygen atoms in total. The first kappa shape index (κ1) is 15.9. The summed E-state index contributed by atoms with van der Waals surface area (Å²) in [5.74, 6) is 1.93. The third-order valence-electron chi connectivity index (χ3n) is 2.90. The van der Waals surface area contributed by atoms with Crippen LogP contribution in [-0.4, -0.2) is 33.3 Å². The molecule has 118 valence electrons. The summed E-state index contributed by atoms with van der Waals surface area (Å²) in [6.45, 7) is 1.13. The van der Waals surface area contributed by atoms with Gasteiger partial charge in [-0.25, -0.2) is 0 Å². The predicted molar refractivity (Wildman–Crippen MR) is 80.2 cm³/mol. The molecule has 0 bridgehead atoms. The molecule has 0 radical (unpaired) electrons. The van der Waals surface area contributed by atoms with E-state index in [4.69, 9.17) is 18.6 Å². The SMILES string of the molecule is COCCNC(=O)c1ccc(COc2cccc(OC)c2)o1. The minimum atomic E-state index is -0.273. The fourth-order valence-electron chi connectivity index (χ4n) is 1.78. The van der Waals surface area contributed by atoms with Crippen molar-refractivity contribution in [3.63, 3.8) is 0 Å². The van der Waals surface area contributed by atoms with Crippen molar-refractivity contribution in [2.24, 2.45) is 0 Å². The molecule has 0 aliphatic carbocycles. The maximum absolute atomic E-state index is 11.8. The minimum Gasteiger partial charge on any atom is -0.497 e. The third-order valence-corrected chi connectivity index (χ3v) is 2.90. The second-order valence-electron chi connectivity index (χ2n) is 4.48. The van der Waals surface area contributed by atoms with Gasteiger partial charge in [0.15, 0.2) is 5.76 Å². The van der Waals surface area contributed by atoms with Crippen LogP contribution in [0.2, 0.25) is 0 Å². The van der Waals surface area contributed by atoms with Crippen LogP contribution in [0.5, 0.6) is 11.5 Å². The first-order chi connectivity index (χ1) is 10.7. The number of nitrogens with one attached hydrogen (secondary N) is 1. The van der Waals surface area contributed by atoms with Crippen molar-refractivity contribution >= 4 is 5.91 Å². The van der Waals surface area contributed by atoms with E-state index in [-0.39, 0.29) is 18.3 Å². The number of furan rings is 1. The molecular weight excluding hydrogens is 286 g/mol. The minimum absolute atomic E-state index is 0.235. The number of methoxy groups -OCH3 is 2. The van der Waals surface area contributed by atoms with Gasteiger partial charge in [-0.05, 0) is 24.3 Å². The normalized spacial score (nSPS) is 10.3. The smallest absolute Gasteiger partial charge is 0.287 e. The van der Waals surface area contributed by atoms with Gasteiger partial charge in [-0.1, -0.05) is 6.07 Å². The Morgan fingerprint density at radius 2 is 2.00 bits per heavy atom. The van der Waals surface area contributed by atoms with Gasteiger partial charge in [-0.2, -0.15) is 0 Å². The second-order valence-corrected chi connectivity index (χ2v) is 4.48. The van der Waals surface area contributed by atoms with E-state index in [0.29, 0.717) is 24.7 Å². The van der Waals surface area contributed by atoms with Gasteiger partial charge < -0.3 is 23.9 Å². The maximum atomic E-state index is 11.8. The molecule has 0 aliphatic heterocycles. The van der Waals surface area contributed by atoms with E-state index in [9.17, 15) is 4.79 Å². The summed E-state index contributed by atoms with van der Waals surface area (Å²) in [6, 6.07) is 10.6. The van der Waals surface area contributed by atoms with E-state index in [2.05, 4.69) is 5.32 Å². The number of rotatable bonds is 8. The van der Waals surface area contributed by atoms with Crippen LogP contribution >= 0.6 is 0 Å². The molecule has 0 atom stereocenters. The standard InChI is InChI=1S/C16H19NO5/c1-19-9-8-17-16(18)15-7-6-14(22-15)11-21-13-5-3-4-12(10-13)20-2/h3-7,10H,8-9,11H2,1-2H3,(H,17,18). The van der Waals surface area contributed by atoms with Crippen LogP contribution < -0.4 is 14.8 Å². The van der Waals surface area contributed by atoms with E-state index in [1.54, 1.807) is 32.4 Å². The second kappa shape index (κ2) is 8.09. The van der Waals surface area contributed by atoms with E-state index in [1.165, 1.54) is 0 Å². The zero-order valence-electron chi connectivity index (χ0n) is 12.6. The molecular formula is C16H19NO5. The van der Waals surface area contributed by atoms with Gasteiger partial charge in [-0.3, -0.25) is 4.79 Å². The lowest BCUT2D eigenvalue weighted by molar-refractivity contribution is 0.0905. The van der Waals surface area contributed by atoms with E-state index >= 15 is 0 Å². The third kappa shape index (κ3) is 4.53. The zero-order valence-corrected chi connectivity index (χ0v) is 12.6. The predicted octanol–water partition coefficient (Wildman–Crippen LogP) is 2.24.